The van der Waals surface area contributed by atoms with Crippen molar-refractivity contribution in [2.24, 2.45) is 0 Å². The quantitative estimate of drug-likeness (QED) is 0.442. The van der Waals surface area contributed by atoms with Crippen molar-refractivity contribution in [2.75, 3.05) is 0 Å². The molecule has 0 aliphatic heterocycles. The summed E-state index contributed by atoms with van der Waals surface area (Å²) in [4.78, 5) is 0. The maximum atomic E-state index is 2.30. The van der Waals surface area contributed by atoms with Gasteiger partial charge in [0.05, 0.1) is 0 Å². The van der Waals surface area contributed by atoms with Gasteiger partial charge >= 0.3 is 102 Å². The van der Waals surface area contributed by atoms with Gasteiger partial charge in [0.15, 0.2) is 0 Å². The third-order valence-electron chi connectivity index (χ3n) is 2.77. The zero-order chi connectivity index (χ0) is 10.3. The van der Waals surface area contributed by atoms with E-state index in [1.807, 2.05) is 0 Å². The van der Waals surface area contributed by atoms with E-state index in [9.17, 15) is 0 Å². The second kappa shape index (κ2) is 3.53. The third kappa shape index (κ3) is 1.53. The topological polar surface area (TPSA) is 0 Å². The number of hydrogen-bond donors (Lipinski definition) is 0. The Hall–Kier alpha value is -1.02. The normalized spacial score (nSPS) is 11.0. The van der Waals surface area contributed by atoms with E-state index < -0.39 is 0 Å². The Morgan fingerprint density at radius 2 is 1.40 bits per heavy atom. The van der Waals surface area contributed by atoms with Gasteiger partial charge in [-0.3, -0.25) is 0 Å². The van der Waals surface area contributed by atoms with Crippen molar-refractivity contribution in [3.8, 4) is 0 Å². The molecule has 3 rings (SSSR count). The van der Waals surface area contributed by atoms with Gasteiger partial charge in [0, 0.05) is 0 Å². The van der Waals surface area contributed by atoms with Crippen LogP contribution in [0.1, 0.15) is 0 Å². The Labute approximate surface area is 102 Å². The molecule has 0 bridgehead atoms. The van der Waals surface area contributed by atoms with E-state index in [2.05, 4.69) is 54.6 Å². The number of rotatable bonds is 0. The van der Waals surface area contributed by atoms with Crippen LogP contribution in [0.4, 0.5) is 0 Å². The molecular formula is C14H10Sn. The molecular weight excluding hydrogens is 287 g/mol. The molecule has 0 amide bonds. The first-order valence-electron chi connectivity index (χ1n) is 5.01. The van der Waals surface area contributed by atoms with Crippen molar-refractivity contribution in [3.63, 3.8) is 0 Å². The van der Waals surface area contributed by atoms with Crippen molar-refractivity contribution in [1.82, 2.24) is 0 Å². The fraction of sp³-hybridized carbons (Fsp3) is 0. The SMILES string of the molecule is [SnH][c]1ccc2c(ccc3ccccc32)c1. The van der Waals surface area contributed by atoms with Gasteiger partial charge in [0.2, 0.25) is 0 Å². The zero-order valence-corrected chi connectivity index (χ0v) is 11.6. The van der Waals surface area contributed by atoms with Gasteiger partial charge in [0.25, 0.3) is 0 Å². The Balaban J connectivity index is 2.55. The van der Waals surface area contributed by atoms with E-state index in [-0.39, 0.29) is 0 Å². The van der Waals surface area contributed by atoms with Gasteiger partial charge in [0.1, 0.15) is 0 Å². The standard InChI is InChI=1S/C14H9.Sn.H/c1-3-7-13-11(5-1)9-10-12-6-2-4-8-14(12)13;;/h1,3-10H;;. The molecule has 0 aliphatic rings. The molecule has 0 unspecified atom stereocenters. The van der Waals surface area contributed by atoms with Crippen LogP contribution in [0.15, 0.2) is 54.6 Å². The van der Waals surface area contributed by atoms with Gasteiger partial charge in [-0.1, -0.05) is 0 Å². The van der Waals surface area contributed by atoms with Crippen LogP contribution in [0.2, 0.25) is 0 Å². The molecule has 0 saturated carbocycles. The zero-order valence-electron chi connectivity index (χ0n) is 8.27. The summed E-state index contributed by atoms with van der Waals surface area (Å²) in [5.41, 5.74) is 0. The molecule has 0 aliphatic carbocycles. The predicted molar refractivity (Wildman–Crippen MR) is 68.2 cm³/mol. The van der Waals surface area contributed by atoms with Gasteiger partial charge in [-0.25, -0.2) is 0 Å². The van der Waals surface area contributed by atoms with Gasteiger partial charge in [-0.15, -0.1) is 0 Å². The summed E-state index contributed by atoms with van der Waals surface area (Å²) in [7, 11) is 0. The molecule has 0 fully saturated rings. The summed E-state index contributed by atoms with van der Waals surface area (Å²) in [6.45, 7) is 0. The first kappa shape index (κ1) is 9.22. The van der Waals surface area contributed by atoms with Crippen molar-refractivity contribution < 1.29 is 0 Å². The van der Waals surface area contributed by atoms with E-state index in [1.165, 1.54) is 47.6 Å². The molecule has 3 aromatic carbocycles. The van der Waals surface area contributed by atoms with Crippen LogP contribution < -0.4 is 3.58 Å². The Kier molecular flexibility index (Phi) is 2.17. The molecule has 1 heteroatoms. The first-order valence-corrected chi connectivity index (χ1v) is 6.66. The maximum absolute atomic E-state index is 2.30. The molecule has 70 valence electrons. The van der Waals surface area contributed by atoms with E-state index in [0.29, 0.717) is 0 Å². The monoisotopic (exact) mass is 298 g/mol. The van der Waals surface area contributed by atoms with Gasteiger partial charge < -0.3 is 0 Å². The van der Waals surface area contributed by atoms with Crippen LogP contribution in [0, 0.1) is 0 Å². The molecule has 0 N–H and O–H groups in total. The second-order valence-corrected chi connectivity index (χ2v) is 5.67. The van der Waals surface area contributed by atoms with Crippen LogP contribution in [-0.2, 0) is 0 Å². The van der Waals surface area contributed by atoms with Crippen molar-refractivity contribution in [3.05, 3.63) is 54.6 Å². The van der Waals surface area contributed by atoms with E-state index in [4.69, 9.17) is 0 Å². The van der Waals surface area contributed by atoms with E-state index in [1.54, 1.807) is 0 Å². The Morgan fingerprint density at radius 3 is 2.33 bits per heavy atom. The minimum absolute atomic E-state index is 1.19. The summed E-state index contributed by atoms with van der Waals surface area (Å²) >= 11 is 1.19. The molecule has 0 atom stereocenters. The van der Waals surface area contributed by atoms with Crippen LogP contribution >= 0.6 is 0 Å². The average molecular weight is 297 g/mol. The van der Waals surface area contributed by atoms with Crippen LogP contribution in [-0.4, -0.2) is 22.5 Å². The summed E-state index contributed by atoms with van der Waals surface area (Å²) < 4.78 is 1.45. The molecule has 0 spiro atoms. The summed E-state index contributed by atoms with van der Waals surface area (Å²) in [5.74, 6) is 0. The number of benzene rings is 3. The first-order chi connectivity index (χ1) is 7.34. The van der Waals surface area contributed by atoms with Crippen molar-refractivity contribution in [1.29, 1.82) is 0 Å². The van der Waals surface area contributed by atoms with Crippen molar-refractivity contribution >= 4 is 47.6 Å². The van der Waals surface area contributed by atoms with Crippen LogP contribution in [0.5, 0.6) is 0 Å². The number of fused-ring (bicyclic) bond motifs is 3. The average Bonchev–Trinajstić information content (AvgIpc) is 2.28. The third-order valence-corrected chi connectivity index (χ3v) is 3.79. The van der Waals surface area contributed by atoms with Gasteiger partial charge in [-0.05, 0) is 0 Å². The molecule has 2 radical (unpaired) electrons. The summed E-state index contributed by atoms with van der Waals surface area (Å²) in [6.07, 6.45) is 0. The fourth-order valence-electron chi connectivity index (χ4n) is 2.03. The van der Waals surface area contributed by atoms with Gasteiger partial charge in [-0.2, -0.15) is 0 Å². The molecule has 0 aromatic heterocycles. The van der Waals surface area contributed by atoms with Crippen LogP contribution in [0.3, 0.4) is 0 Å². The fourth-order valence-corrected chi connectivity index (χ4v) is 2.82. The molecule has 0 heterocycles. The molecule has 15 heavy (non-hydrogen) atoms. The van der Waals surface area contributed by atoms with Crippen LogP contribution in [0.25, 0.3) is 21.5 Å². The summed E-state index contributed by atoms with van der Waals surface area (Å²) in [6, 6.07) is 19.8. The van der Waals surface area contributed by atoms with Crippen molar-refractivity contribution in [2.45, 2.75) is 0 Å². The number of hydrogen-bond acceptors (Lipinski definition) is 0. The van der Waals surface area contributed by atoms with E-state index >= 15 is 0 Å². The molecule has 3 aromatic rings. The Morgan fingerprint density at radius 1 is 0.667 bits per heavy atom. The van der Waals surface area contributed by atoms with E-state index in [0.717, 1.165) is 0 Å². The molecule has 0 saturated heterocycles. The molecule has 0 nitrogen and oxygen atoms in total. The Bertz CT molecular complexity index is 641. The second-order valence-electron chi connectivity index (χ2n) is 3.77. The predicted octanol–water partition coefficient (Wildman–Crippen LogP) is 2.52. The summed E-state index contributed by atoms with van der Waals surface area (Å²) in [5, 5.41) is 5.41. The minimum atomic E-state index is 1.19.